The summed E-state index contributed by atoms with van der Waals surface area (Å²) in [6.07, 6.45) is 0. The van der Waals surface area contributed by atoms with Gasteiger partial charge in [-0.15, -0.1) is 0 Å². The molecule has 0 atom stereocenters. The minimum atomic E-state index is -2.88. The van der Waals surface area contributed by atoms with Gasteiger partial charge in [-0.25, -0.2) is 30.7 Å². The number of halogens is 13. The van der Waals surface area contributed by atoms with Gasteiger partial charge in [0.15, 0.2) is 40.7 Å². The zero-order chi connectivity index (χ0) is 25.1. The Bertz CT molecular complexity index is 1250. The van der Waals surface area contributed by atoms with E-state index in [0.29, 0.717) is 0 Å². The SMILES string of the molecule is Oc1c(F)c(F)c(Oc2c(F)c(F)c(-c3c(F)c(F)c(F)c(F)c3F)c(F)c2F)c(F)c1F. The topological polar surface area (TPSA) is 29.5 Å². The quantitative estimate of drug-likeness (QED) is 0.250. The van der Waals surface area contributed by atoms with Crippen LogP contribution in [0.5, 0.6) is 17.2 Å². The van der Waals surface area contributed by atoms with Gasteiger partial charge in [-0.1, -0.05) is 0 Å². The van der Waals surface area contributed by atoms with Gasteiger partial charge in [-0.05, 0) is 0 Å². The molecule has 0 saturated heterocycles. The third-order valence-electron chi connectivity index (χ3n) is 4.09. The molecular weight excluding hydrogens is 495 g/mol. The summed E-state index contributed by atoms with van der Waals surface area (Å²) in [5.41, 5.74) is -4.93. The second-order valence-electron chi connectivity index (χ2n) is 5.94. The van der Waals surface area contributed by atoms with E-state index >= 15 is 0 Å². The third kappa shape index (κ3) is 3.38. The molecule has 0 aliphatic carbocycles. The Morgan fingerprint density at radius 3 is 0.909 bits per heavy atom. The van der Waals surface area contributed by atoms with E-state index in [2.05, 4.69) is 4.74 Å². The molecule has 0 fully saturated rings. The van der Waals surface area contributed by atoms with E-state index in [1.165, 1.54) is 0 Å². The summed E-state index contributed by atoms with van der Waals surface area (Å²) in [5.74, 6) is -43.0. The average molecular weight is 496 g/mol. The fourth-order valence-electron chi connectivity index (χ4n) is 2.54. The van der Waals surface area contributed by atoms with Gasteiger partial charge in [0.2, 0.25) is 52.2 Å². The van der Waals surface area contributed by atoms with Crippen molar-refractivity contribution < 1.29 is 66.9 Å². The van der Waals surface area contributed by atoms with E-state index in [1.54, 1.807) is 0 Å². The van der Waals surface area contributed by atoms with E-state index < -0.39 is 104 Å². The molecule has 0 aliphatic heterocycles. The largest absolute Gasteiger partial charge is 0.503 e. The molecule has 15 heteroatoms. The van der Waals surface area contributed by atoms with Gasteiger partial charge >= 0.3 is 0 Å². The highest BCUT2D eigenvalue weighted by Gasteiger charge is 2.36. The summed E-state index contributed by atoms with van der Waals surface area (Å²) in [4.78, 5) is 0. The molecule has 3 rings (SSSR count). The lowest BCUT2D eigenvalue weighted by Gasteiger charge is -2.15. The van der Waals surface area contributed by atoms with Crippen LogP contribution in [-0.4, -0.2) is 5.11 Å². The Morgan fingerprint density at radius 2 is 0.576 bits per heavy atom. The van der Waals surface area contributed by atoms with E-state index in [4.69, 9.17) is 5.11 Å². The predicted octanol–water partition coefficient (Wildman–Crippen LogP) is 6.66. The lowest BCUT2D eigenvalue weighted by molar-refractivity contribution is 0.305. The number of hydrogen-bond donors (Lipinski definition) is 1. The van der Waals surface area contributed by atoms with Crippen molar-refractivity contribution in [2.24, 2.45) is 0 Å². The lowest BCUT2D eigenvalue weighted by Crippen LogP contribution is -2.10. The lowest BCUT2D eigenvalue weighted by atomic mass is 10.0. The molecule has 33 heavy (non-hydrogen) atoms. The summed E-state index contributed by atoms with van der Waals surface area (Å²) in [6, 6.07) is 0. The van der Waals surface area contributed by atoms with Crippen LogP contribution in [-0.2, 0) is 0 Å². The van der Waals surface area contributed by atoms with Gasteiger partial charge in [0.05, 0.1) is 11.1 Å². The maximum Gasteiger partial charge on any atom is 0.208 e. The first-order valence-electron chi connectivity index (χ1n) is 7.84. The fourth-order valence-corrected chi connectivity index (χ4v) is 2.54. The molecule has 0 aromatic heterocycles. The zero-order valence-electron chi connectivity index (χ0n) is 14.8. The Balaban J connectivity index is 2.32. The Morgan fingerprint density at radius 1 is 0.333 bits per heavy atom. The normalized spacial score (nSPS) is 11.3. The average Bonchev–Trinajstić information content (AvgIpc) is 2.79. The van der Waals surface area contributed by atoms with E-state index in [0.717, 1.165) is 0 Å². The molecule has 0 amide bonds. The van der Waals surface area contributed by atoms with Crippen LogP contribution in [0.2, 0.25) is 0 Å². The van der Waals surface area contributed by atoms with Gasteiger partial charge in [0.25, 0.3) is 0 Å². The van der Waals surface area contributed by atoms with Crippen molar-refractivity contribution in [3.63, 3.8) is 0 Å². The molecule has 0 aliphatic rings. The van der Waals surface area contributed by atoms with Crippen LogP contribution < -0.4 is 4.74 Å². The molecule has 0 saturated carbocycles. The van der Waals surface area contributed by atoms with Crippen molar-refractivity contribution in [2.45, 2.75) is 0 Å². The van der Waals surface area contributed by atoms with Crippen LogP contribution in [0.4, 0.5) is 57.1 Å². The number of phenolic OH excluding ortho intramolecular Hbond substituents is 1. The Hall–Kier alpha value is -3.65. The molecule has 176 valence electrons. The van der Waals surface area contributed by atoms with Gasteiger partial charge in [-0.3, -0.25) is 0 Å². The zero-order valence-corrected chi connectivity index (χ0v) is 14.8. The van der Waals surface area contributed by atoms with Crippen molar-refractivity contribution in [1.82, 2.24) is 0 Å². The first-order valence-corrected chi connectivity index (χ1v) is 7.84. The van der Waals surface area contributed by atoms with E-state index in [1.807, 2.05) is 0 Å². The second kappa shape index (κ2) is 8.04. The van der Waals surface area contributed by atoms with Gasteiger partial charge in [-0.2, -0.15) is 26.3 Å². The molecule has 0 spiro atoms. The van der Waals surface area contributed by atoms with Crippen molar-refractivity contribution in [2.75, 3.05) is 0 Å². The van der Waals surface area contributed by atoms with Gasteiger partial charge < -0.3 is 9.84 Å². The van der Waals surface area contributed by atoms with Crippen molar-refractivity contribution in [1.29, 1.82) is 0 Å². The highest BCUT2D eigenvalue weighted by molar-refractivity contribution is 5.68. The monoisotopic (exact) mass is 496 g/mol. The molecule has 0 radical (unpaired) electrons. The van der Waals surface area contributed by atoms with Gasteiger partial charge in [0.1, 0.15) is 0 Å². The first kappa shape index (κ1) is 24.0. The molecule has 3 aromatic rings. The summed E-state index contributed by atoms with van der Waals surface area (Å²) in [6.45, 7) is 0. The molecule has 0 unspecified atom stereocenters. The Kier molecular flexibility index (Phi) is 5.85. The number of benzene rings is 3. The second-order valence-corrected chi connectivity index (χ2v) is 5.94. The van der Waals surface area contributed by atoms with Crippen molar-refractivity contribution in [3.8, 4) is 28.4 Å². The summed E-state index contributed by atoms with van der Waals surface area (Å²) < 4.78 is 183. The molecule has 2 nitrogen and oxygen atoms in total. The van der Waals surface area contributed by atoms with E-state index in [-0.39, 0.29) is 0 Å². The first-order chi connectivity index (χ1) is 15.2. The van der Waals surface area contributed by atoms with Crippen LogP contribution >= 0.6 is 0 Å². The minimum absolute atomic E-state index is 2.24. The van der Waals surface area contributed by atoms with Crippen LogP contribution in [0.25, 0.3) is 11.1 Å². The highest BCUT2D eigenvalue weighted by Crippen LogP contribution is 2.43. The Labute approximate surface area is 172 Å². The van der Waals surface area contributed by atoms with Crippen molar-refractivity contribution >= 4 is 0 Å². The maximum absolute atomic E-state index is 14.3. The van der Waals surface area contributed by atoms with Gasteiger partial charge in [0, 0.05) is 0 Å². The van der Waals surface area contributed by atoms with Crippen LogP contribution in [0.3, 0.4) is 0 Å². The summed E-state index contributed by atoms with van der Waals surface area (Å²) in [7, 11) is 0. The minimum Gasteiger partial charge on any atom is -0.503 e. The predicted molar refractivity (Wildman–Crippen MR) is 79.5 cm³/mol. The summed E-state index contributed by atoms with van der Waals surface area (Å²) in [5, 5.41) is 8.82. The summed E-state index contributed by atoms with van der Waals surface area (Å²) >= 11 is 0. The number of ether oxygens (including phenoxy) is 1. The molecule has 3 aromatic carbocycles. The standard InChI is InChI=1S/C18HF13O2/c19-3-1(4(20)8(24)9(25)7(3)23)2-5(21)12(28)17(13(29)6(2)22)33-18-14(30)10(26)16(32)11(27)15(18)31/h32H. The molecule has 1 N–H and O–H groups in total. The van der Waals surface area contributed by atoms with Crippen LogP contribution in [0.15, 0.2) is 0 Å². The third-order valence-corrected chi connectivity index (χ3v) is 4.09. The number of hydrogen-bond acceptors (Lipinski definition) is 2. The molecular formula is C18HF13O2. The van der Waals surface area contributed by atoms with Crippen LogP contribution in [0, 0.1) is 75.6 Å². The van der Waals surface area contributed by atoms with Crippen LogP contribution in [0.1, 0.15) is 0 Å². The highest BCUT2D eigenvalue weighted by atomic mass is 19.2. The molecule has 0 bridgehead atoms. The van der Waals surface area contributed by atoms with Crippen molar-refractivity contribution in [3.05, 3.63) is 75.6 Å². The number of rotatable bonds is 3. The maximum atomic E-state index is 14.3. The smallest absolute Gasteiger partial charge is 0.208 e. The number of phenols is 1. The number of aromatic hydroxyl groups is 1. The van der Waals surface area contributed by atoms with E-state index in [9.17, 15) is 57.1 Å². The molecule has 0 heterocycles. The fraction of sp³-hybridized carbons (Fsp3) is 0.